The number of nitrogens with one attached hydrogen (secondary N) is 1. The van der Waals surface area contributed by atoms with Crippen molar-refractivity contribution in [2.24, 2.45) is 0 Å². The summed E-state index contributed by atoms with van der Waals surface area (Å²) in [5, 5.41) is 10.4. The second-order valence-corrected chi connectivity index (χ2v) is 7.60. The molecule has 0 spiro atoms. The Morgan fingerprint density at radius 1 is 1.18 bits per heavy atom. The van der Waals surface area contributed by atoms with Gasteiger partial charge in [-0.3, -0.25) is 10.1 Å². The second-order valence-electron chi connectivity index (χ2n) is 4.83. The first-order valence-electron chi connectivity index (χ1n) is 6.75. The number of anilines is 1. The summed E-state index contributed by atoms with van der Waals surface area (Å²) in [5.41, 5.74) is 1.89. The van der Waals surface area contributed by atoms with E-state index in [1.807, 2.05) is 0 Å². The van der Waals surface area contributed by atoms with Gasteiger partial charge in [0.2, 0.25) is 15.2 Å². The molecular weight excluding hydrogens is 324 g/mol. The molecule has 1 fully saturated rings. The van der Waals surface area contributed by atoms with E-state index in [2.05, 4.69) is 15.5 Å². The highest BCUT2D eigenvalue weighted by atomic mass is 32.2. The van der Waals surface area contributed by atoms with E-state index in [4.69, 9.17) is 0 Å². The van der Waals surface area contributed by atoms with Crippen molar-refractivity contribution in [3.05, 3.63) is 35.3 Å². The predicted octanol–water partition coefficient (Wildman–Crippen LogP) is 1.57. The van der Waals surface area contributed by atoms with E-state index in [1.54, 1.807) is 0 Å². The number of benzene rings is 1. The molecular formula is C13H14N4O3S2. The Labute approximate surface area is 132 Å². The molecule has 1 aliphatic heterocycles. The minimum atomic E-state index is -3.45. The van der Waals surface area contributed by atoms with Crippen molar-refractivity contribution in [1.82, 2.24) is 14.5 Å². The standard InChI is InChI=1S/C13H14N4O3S2/c18-12(15-13-16-14-9-21-13)10-3-5-11(6-4-10)22(19,20)17-7-1-2-8-17/h3-6,9H,1-2,7-8H2,(H,15,16,18). The fraction of sp³-hybridized carbons (Fsp3) is 0.308. The number of hydrogen-bond donors (Lipinski definition) is 1. The van der Waals surface area contributed by atoms with E-state index < -0.39 is 10.0 Å². The Morgan fingerprint density at radius 2 is 1.86 bits per heavy atom. The quantitative estimate of drug-likeness (QED) is 0.913. The predicted molar refractivity (Wildman–Crippen MR) is 82.3 cm³/mol. The molecule has 0 unspecified atom stereocenters. The molecule has 0 bridgehead atoms. The average Bonchev–Trinajstić information content (AvgIpc) is 3.21. The number of carbonyl (C=O) groups is 1. The van der Waals surface area contributed by atoms with Crippen molar-refractivity contribution in [2.75, 3.05) is 18.4 Å². The highest BCUT2D eigenvalue weighted by Gasteiger charge is 2.27. The van der Waals surface area contributed by atoms with E-state index in [0.717, 1.165) is 12.8 Å². The van der Waals surface area contributed by atoms with Crippen LogP contribution in [0.2, 0.25) is 0 Å². The first kappa shape index (κ1) is 15.1. The lowest BCUT2D eigenvalue weighted by molar-refractivity contribution is 0.102. The number of nitrogens with zero attached hydrogens (tertiary/aromatic N) is 3. The molecule has 1 N–H and O–H groups in total. The summed E-state index contributed by atoms with van der Waals surface area (Å²) in [6, 6.07) is 5.92. The molecule has 2 heterocycles. The molecule has 3 rings (SSSR count). The van der Waals surface area contributed by atoms with Gasteiger partial charge in [0.15, 0.2) is 0 Å². The summed E-state index contributed by atoms with van der Waals surface area (Å²) < 4.78 is 26.2. The summed E-state index contributed by atoms with van der Waals surface area (Å²) in [7, 11) is -3.45. The molecule has 22 heavy (non-hydrogen) atoms. The van der Waals surface area contributed by atoms with Crippen molar-refractivity contribution in [1.29, 1.82) is 0 Å². The largest absolute Gasteiger partial charge is 0.296 e. The number of amides is 1. The fourth-order valence-corrected chi connectivity index (χ4v) is 4.21. The van der Waals surface area contributed by atoms with Crippen LogP contribution in [0.4, 0.5) is 5.13 Å². The molecule has 1 saturated heterocycles. The number of hydrogen-bond acceptors (Lipinski definition) is 6. The highest BCUT2D eigenvalue weighted by Crippen LogP contribution is 2.21. The molecule has 116 valence electrons. The van der Waals surface area contributed by atoms with Crippen molar-refractivity contribution in [3.63, 3.8) is 0 Å². The maximum atomic E-state index is 12.4. The van der Waals surface area contributed by atoms with Gasteiger partial charge in [-0.25, -0.2) is 8.42 Å². The van der Waals surface area contributed by atoms with Gasteiger partial charge in [0.25, 0.3) is 5.91 Å². The van der Waals surface area contributed by atoms with Crippen LogP contribution >= 0.6 is 11.3 Å². The summed E-state index contributed by atoms with van der Waals surface area (Å²) in [5.74, 6) is -0.345. The van der Waals surface area contributed by atoms with Crippen LogP contribution in [0, 0.1) is 0 Å². The van der Waals surface area contributed by atoms with Crippen LogP contribution in [0.3, 0.4) is 0 Å². The molecule has 0 aliphatic carbocycles. The lowest BCUT2D eigenvalue weighted by Crippen LogP contribution is -2.27. The average molecular weight is 338 g/mol. The molecule has 1 aliphatic rings. The number of aromatic nitrogens is 2. The van der Waals surface area contributed by atoms with E-state index >= 15 is 0 Å². The third-order valence-corrected chi connectivity index (χ3v) is 5.92. The number of sulfonamides is 1. The van der Waals surface area contributed by atoms with Gasteiger partial charge in [-0.05, 0) is 37.1 Å². The number of rotatable bonds is 4. The molecule has 7 nitrogen and oxygen atoms in total. The van der Waals surface area contributed by atoms with E-state index in [-0.39, 0.29) is 10.8 Å². The highest BCUT2D eigenvalue weighted by molar-refractivity contribution is 7.89. The summed E-state index contributed by atoms with van der Waals surface area (Å²) in [6.45, 7) is 1.11. The molecule has 0 radical (unpaired) electrons. The van der Waals surface area contributed by atoms with Crippen molar-refractivity contribution in [2.45, 2.75) is 17.7 Å². The molecule has 0 saturated carbocycles. The number of carbonyl (C=O) groups excluding carboxylic acids is 1. The van der Waals surface area contributed by atoms with E-state index in [9.17, 15) is 13.2 Å². The molecule has 1 aromatic carbocycles. The summed E-state index contributed by atoms with van der Waals surface area (Å²) >= 11 is 1.21. The molecule has 2 aromatic rings. The van der Waals surface area contributed by atoms with Crippen LogP contribution in [0.15, 0.2) is 34.7 Å². The zero-order chi connectivity index (χ0) is 15.6. The lowest BCUT2D eigenvalue weighted by atomic mass is 10.2. The van der Waals surface area contributed by atoms with Crippen molar-refractivity contribution >= 4 is 32.4 Å². The first-order valence-corrected chi connectivity index (χ1v) is 9.07. The normalized spacial score (nSPS) is 15.8. The van der Waals surface area contributed by atoms with Gasteiger partial charge in [0.1, 0.15) is 5.51 Å². The monoisotopic (exact) mass is 338 g/mol. The van der Waals surface area contributed by atoms with Crippen LogP contribution in [-0.4, -0.2) is 41.9 Å². The topological polar surface area (TPSA) is 92.3 Å². The fourth-order valence-electron chi connectivity index (χ4n) is 2.25. The Hall–Kier alpha value is -1.84. The van der Waals surface area contributed by atoms with Gasteiger partial charge in [-0.15, -0.1) is 10.2 Å². The minimum Gasteiger partial charge on any atom is -0.296 e. The molecule has 1 amide bonds. The van der Waals surface area contributed by atoms with Gasteiger partial charge in [0.05, 0.1) is 4.90 Å². The molecule has 1 aromatic heterocycles. The second kappa shape index (κ2) is 6.11. The van der Waals surface area contributed by atoms with Crippen LogP contribution in [-0.2, 0) is 10.0 Å². The Bertz CT molecular complexity index is 751. The Kier molecular flexibility index (Phi) is 4.19. The molecule has 0 atom stereocenters. The van der Waals surface area contributed by atoms with Gasteiger partial charge < -0.3 is 0 Å². The maximum Gasteiger partial charge on any atom is 0.257 e. The maximum absolute atomic E-state index is 12.4. The lowest BCUT2D eigenvalue weighted by Gasteiger charge is -2.15. The zero-order valence-corrected chi connectivity index (χ0v) is 13.2. The first-order chi connectivity index (χ1) is 10.6. The van der Waals surface area contributed by atoms with Gasteiger partial charge >= 0.3 is 0 Å². The third-order valence-electron chi connectivity index (χ3n) is 3.40. The smallest absolute Gasteiger partial charge is 0.257 e. The third kappa shape index (κ3) is 3.01. The van der Waals surface area contributed by atoms with E-state index in [0.29, 0.717) is 23.8 Å². The minimum absolute atomic E-state index is 0.210. The Morgan fingerprint density at radius 3 is 2.45 bits per heavy atom. The van der Waals surface area contributed by atoms with Crippen LogP contribution in [0.5, 0.6) is 0 Å². The summed E-state index contributed by atoms with van der Waals surface area (Å²) in [4.78, 5) is 12.2. The SMILES string of the molecule is O=C(Nc1nncs1)c1ccc(S(=O)(=O)N2CCCC2)cc1. The molecule has 9 heteroatoms. The Balaban J connectivity index is 1.76. The van der Waals surface area contributed by atoms with Gasteiger partial charge in [0, 0.05) is 18.7 Å². The van der Waals surface area contributed by atoms with Crippen molar-refractivity contribution in [3.8, 4) is 0 Å². The van der Waals surface area contributed by atoms with Crippen LogP contribution < -0.4 is 5.32 Å². The zero-order valence-electron chi connectivity index (χ0n) is 11.6. The summed E-state index contributed by atoms with van der Waals surface area (Å²) in [6.07, 6.45) is 1.78. The van der Waals surface area contributed by atoms with Crippen LogP contribution in [0.25, 0.3) is 0 Å². The van der Waals surface area contributed by atoms with Gasteiger partial charge in [-0.2, -0.15) is 4.31 Å². The van der Waals surface area contributed by atoms with E-state index in [1.165, 1.54) is 45.4 Å². The van der Waals surface area contributed by atoms with Crippen molar-refractivity contribution < 1.29 is 13.2 Å². The van der Waals surface area contributed by atoms with Crippen LogP contribution in [0.1, 0.15) is 23.2 Å². The van der Waals surface area contributed by atoms with Gasteiger partial charge in [-0.1, -0.05) is 11.3 Å².